The lowest BCUT2D eigenvalue weighted by molar-refractivity contribution is 0.341. The van der Waals surface area contributed by atoms with Crippen LogP contribution < -0.4 is 10.2 Å². The monoisotopic (exact) mass is 287 g/mol. The van der Waals surface area contributed by atoms with Crippen LogP contribution in [0.4, 0.5) is 5.82 Å². The zero-order valence-corrected chi connectivity index (χ0v) is 13.7. The van der Waals surface area contributed by atoms with Crippen molar-refractivity contribution in [3.05, 3.63) is 23.4 Å². The van der Waals surface area contributed by atoms with Crippen LogP contribution in [0.2, 0.25) is 0 Å². The molecular weight excluding hydrogens is 258 g/mol. The minimum absolute atomic E-state index is 0.520. The van der Waals surface area contributed by atoms with Crippen molar-refractivity contribution in [2.45, 2.75) is 71.5 Å². The molecule has 2 heterocycles. The standard InChI is InChI=1S/C18H29N3/c1-13(2)19-11-15-10-14(3)18(20-12-15)21-9-8-16-6-4-5-7-17(16)21/h10,12-13,16-17,19H,4-9,11H2,1-3H3. The molecule has 21 heavy (non-hydrogen) atoms. The van der Waals surface area contributed by atoms with Gasteiger partial charge in [-0.05, 0) is 49.3 Å². The SMILES string of the molecule is Cc1cc(CNC(C)C)cnc1N1CCC2CCCCC21. The Morgan fingerprint density at radius 2 is 2.10 bits per heavy atom. The zero-order chi connectivity index (χ0) is 14.8. The first kappa shape index (κ1) is 14.8. The van der Waals surface area contributed by atoms with Crippen LogP contribution in [0.3, 0.4) is 0 Å². The second-order valence-corrected chi connectivity index (χ2v) is 7.11. The molecule has 3 rings (SSSR count). The van der Waals surface area contributed by atoms with Crippen molar-refractivity contribution in [3.8, 4) is 0 Å². The second kappa shape index (κ2) is 6.35. The maximum Gasteiger partial charge on any atom is 0.131 e. The third-order valence-electron chi connectivity index (χ3n) is 5.10. The molecule has 2 unspecified atom stereocenters. The first-order valence-corrected chi connectivity index (χ1v) is 8.60. The zero-order valence-electron chi connectivity index (χ0n) is 13.7. The fraction of sp³-hybridized carbons (Fsp3) is 0.722. The van der Waals surface area contributed by atoms with E-state index in [9.17, 15) is 0 Å². The van der Waals surface area contributed by atoms with E-state index in [0.717, 1.165) is 18.5 Å². The number of hydrogen-bond donors (Lipinski definition) is 1. The Morgan fingerprint density at radius 1 is 1.29 bits per heavy atom. The molecule has 1 aromatic heterocycles. The minimum Gasteiger partial charge on any atom is -0.353 e. The summed E-state index contributed by atoms with van der Waals surface area (Å²) in [6.45, 7) is 8.70. The van der Waals surface area contributed by atoms with Gasteiger partial charge >= 0.3 is 0 Å². The van der Waals surface area contributed by atoms with Crippen molar-refractivity contribution in [1.29, 1.82) is 0 Å². The Balaban J connectivity index is 1.73. The molecule has 2 aliphatic rings. The Labute approximate surface area is 129 Å². The fourth-order valence-corrected chi connectivity index (χ4v) is 4.01. The van der Waals surface area contributed by atoms with E-state index in [1.54, 1.807) is 0 Å². The van der Waals surface area contributed by atoms with Gasteiger partial charge in [-0.15, -0.1) is 0 Å². The lowest BCUT2D eigenvalue weighted by Gasteiger charge is -2.33. The Kier molecular flexibility index (Phi) is 4.48. The third-order valence-corrected chi connectivity index (χ3v) is 5.10. The summed E-state index contributed by atoms with van der Waals surface area (Å²) in [6, 6.07) is 3.59. The number of nitrogens with zero attached hydrogens (tertiary/aromatic N) is 2. The van der Waals surface area contributed by atoms with Crippen molar-refractivity contribution in [3.63, 3.8) is 0 Å². The molecule has 0 spiro atoms. The van der Waals surface area contributed by atoms with Crippen molar-refractivity contribution >= 4 is 5.82 Å². The molecule has 1 aliphatic carbocycles. The van der Waals surface area contributed by atoms with E-state index in [4.69, 9.17) is 4.98 Å². The first-order chi connectivity index (χ1) is 10.1. The van der Waals surface area contributed by atoms with Gasteiger partial charge in [0.05, 0.1) is 0 Å². The summed E-state index contributed by atoms with van der Waals surface area (Å²) in [5.41, 5.74) is 2.63. The Bertz CT molecular complexity index is 483. The first-order valence-electron chi connectivity index (χ1n) is 8.60. The van der Waals surface area contributed by atoms with Gasteiger partial charge in [0.25, 0.3) is 0 Å². The van der Waals surface area contributed by atoms with Gasteiger partial charge in [0.2, 0.25) is 0 Å². The van der Waals surface area contributed by atoms with Crippen molar-refractivity contribution in [1.82, 2.24) is 10.3 Å². The summed E-state index contributed by atoms with van der Waals surface area (Å²) in [6.07, 6.45) is 9.05. The molecule has 1 saturated carbocycles. The van der Waals surface area contributed by atoms with Crippen LogP contribution in [-0.4, -0.2) is 23.6 Å². The molecule has 116 valence electrons. The Morgan fingerprint density at radius 3 is 2.86 bits per heavy atom. The number of aryl methyl sites for hydroxylation is 1. The predicted molar refractivity (Wildman–Crippen MR) is 88.7 cm³/mol. The molecule has 1 aromatic rings. The topological polar surface area (TPSA) is 28.2 Å². The van der Waals surface area contributed by atoms with Gasteiger partial charge in [0, 0.05) is 31.4 Å². The highest BCUT2D eigenvalue weighted by Gasteiger charge is 2.36. The van der Waals surface area contributed by atoms with Crippen LogP contribution in [0, 0.1) is 12.8 Å². The van der Waals surface area contributed by atoms with Crippen molar-refractivity contribution < 1.29 is 0 Å². The van der Waals surface area contributed by atoms with E-state index >= 15 is 0 Å². The maximum atomic E-state index is 4.82. The van der Waals surface area contributed by atoms with Gasteiger partial charge < -0.3 is 10.2 Å². The van der Waals surface area contributed by atoms with Gasteiger partial charge in [-0.3, -0.25) is 0 Å². The van der Waals surface area contributed by atoms with E-state index in [-0.39, 0.29) is 0 Å². The Hall–Kier alpha value is -1.09. The highest BCUT2D eigenvalue weighted by atomic mass is 15.2. The van der Waals surface area contributed by atoms with Gasteiger partial charge in [-0.2, -0.15) is 0 Å². The number of aromatic nitrogens is 1. The number of pyridine rings is 1. The third kappa shape index (κ3) is 3.23. The van der Waals surface area contributed by atoms with Crippen LogP contribution in [0.15, 0.2) is 12.3 Å². The van der Waals surface area contributed by atoms with Gasteiger partial charge in [-0.25, -0.2) is 4.98 Å². The molecular formula is C18H29N3. The number of nitrogens with one attached hydrogen (secondary N) is 1. The minimum atomic E-state index is 0.520. The average Bonchev–Trinajstić information content (AvgIpc) is 2.89. The summed E-state index contributed by atoms with van der Waals surface area (Å²) < 4.78 is 0. The van der Waals surface area contributed by atoms with Crippen LogP contribution >= 0.6 is 0 Å². The molecule has 1 N–H and O–H groups in total. The maximum absolute atomic E-state index is 4.82. The van der Waals surface area contributed by atoms with Crippen molar-refractivity contribution in [2.24, 2.45) is 5.92 Å². The largest absolute Gasteiger partial charge is 0.353 e. The van der Waals surface area contributed by atoms with Crippen LogP contribution in [0.5, 0.6) is 0 Å². The molecule has 3 nitrogen and oxygen atoms in total. The normalized spacial score (nSPS) is 25.4. The molecule has 0 aromatic carbocycles. The summed E-state index contributed by atoms with van der Waals surface area (Å²) in [4.78, 5) is 7.41. The molecule has 2 fully saturated rings. The van der Waals surface area contributed by atoms with Gasteiger partial charge in [0.15, 0.2) is 0 Å². The molecule has 0 amide bonds. The smallest absolute Gasteiger partial charge is 0.131 e. The number of anilines is 1. The number of fused-ring (bicyclic) bond motifs is 1. The number of rotatable bonds is 4. The summed E-state index contributed by atoms with van der Waals surface area (Å²) in [5.74, 6) is 2.15. The van der Waals surface area contributed by atoms with Gasteiger partial charge in [0.1, 0.15) is 5.82 Å². The molecule has 0 bridgehead atoms. The quantitative estimate of drug-likeness (QED) is 0.916. The van der Waals surface area contributed by atoms with E-state index in [1.807, 2.05) is 0 Å². The molecule has 3 heteroatoms. The van der Waals surface area contributed by atoms with Crippen LogP contribution in [0.25, 0.3) is 0 Å². The second-order valence-electron chi connectivity index (χ2n) is 7.11. The molecule has 1 saturated heterocycles. The lowest BCUT2D eigenvalue weighted by Crippen LogP contribution is -2.35. The fourth-order valence-electron chi connectivity index (χ4n) is 4.01. The highest BCUT2D eigenvalue weighted by Crippen LogP contribution is 2.39. The molecule has 2 atom stereocenters. The molecule has 1 aliphatic heterocycles. The lowest BCUT2D eigenvalue weighted by atomic mass is 9.85. The van der Waals surface area contributed by atoms with Crippen LogP contribution in [-0.2, 0) is 6.54 Å². The van der Waals surface area contributed by atoms with Crippen molar-refractivity contribution in [2.75, 3.05) is 11.4 Å². The highest BCUT2D eigenvalue weighted by molar-refractivity contribution is 5.49. The van der Waals surface area contributed by atoms with Gasteiger partial charge in [-0.1, -0.05) is 26.7 Å². The summed E-state index contributed by atoms with van der Waals surface area (Å²) in [5, 5.41) is 3.47. The average molecular weight is 287 g/mol. The van der Waals surface area contributed by atoms with E-state index in [0.29, 0.717) is 6.04 Å². The van der Waals surface area contributed by atoms with E-state index < -0.39 is 0 Å². The molecule has 0 radical (unpaired) electrons. The summed E-state index contributed by atoms with van der Waals surface area (Å²) >= 11 is 0. The van der Waals surface area contributed by atoms with Crippen LogP contribution in [0.1, 0.15) is 57.1 Å². The van der Waals surface area contributed by atoms with E-state index in [2.05, 4.69) is 43.3 Å². The predicted octanol–water partition coefficient (Wildman–Crippen LogP) is 3.66. The van der Waals surface area contributed by atoms with E-state index in [1.165, 1.54) is 55.6 Å². The number of hydrogen-bond acceptors (Lipinski definition) is 3. The summed E-state index contributed by atoms with van der Waals surface area (Å²) in [7, 11) is 0.